The van der Waals surface area contributed by atoms with Gasteiger partial charge in [0.1, 0.15) is 0 Å². The molecule has 5 rings (SSSR count). The standard InChI is InChI=1S/C22H22N4O2S.ClH/c27-29(28,21-9-3-6-15-5-1-2-8-18(15)21)22-19-11-10-16(13-20(19)25-26-22)24-17-7-4-12-23-14-17;/h1-3,5-6,8-11,13,17,23-24H,4,7,12,14H2,(H,25,26);1H. The van der Waals surface area contributed by atoms with Gasteiger partial charge in [0, 0.05) is 29.0 Å². The minimum Gasteiger partial charge on any atom is -0.381 e. The van der Waals surface area contributed by atoms with Crippen LogP contribution in [0.5, 0.6) is 0 Å². The Morgan fingerprint density at radius 3 is 2.67 bits per heavy atom. The maximum absolute atomic E-state index is 13.4. The molecule has 30 heavy (non-hydrogen) atoms. The molecule has 0 saturated carbocycles. The van der Waals surface area contributed by atoms with Gasteiger partial charge in [0.25, 0.3) is 0 Å². The first-order chi connectivity index (χ1) is 14.1. The molecule has 0 bridgehead atoms. The Labute approximate surface area is 181 Å². The number of fused-ring (bicyclic) bond motifs is 2. The molecule has 3 N–H and O–H groups in total. The summed E-state index contributed by atoms with van der Waals surface area (Å²) in [5.74, 6) is 0. The number of hydrogen-bond donors (Lipinski definition) is 3. The number of benzene rings is 3. The molecule has 1 aliphatic rings. The number of sulfone groups is 1. The normalized spacial score (nSPS) is 17.0. The van der Waals surface area contributed by atoms with Gasteiger partial charge in [-0.15, -0.1) is 12.4 Å². The van der Waals surface area contributed by atoms with Crippen LogP contribution in [0, 0.1) is 0 Å². The molecular weight excluding hydrogens is 420 g/mol. The van der Waals surface area contributed by atoms with Crippen LogP contribution in [-0.2, 0) is 9.84 Å². The first-order valence-corrected chi connectivity index (χ1v) is 11.3. The van der Waals surface area contributed by atoms with E-state index in [1.807, 2.05) is 48.5 Å². The Morgan fingerprint density at radius 1 is 1.00 bits per heavy atom. The van der Waals surface area contributed by atoms with Crippen molar-refractivity contribution in [2.45, 2.75) is 28.8 Å². The SMILES string of the molecule is Cl.O=S(=O)(c1cccc2ccccc12)c1[nH]nc2cc(NC3CCCNC3)ccc12. The topological polar surface area (TPSA) is 86.9 Å². The zero-order chi connectivity index (χ0) is 19.8. The number of nitrogens with one attached hydrogen (secondary N) is 3. The smallest absolute Gasteiger partial charge is 0.224 e. The third-order valence-electron chi connectivity index (χ3n) is 5.50. The minimum absolute atomic E-state index is 0. The Morgan fingerprint density at radius 2 is 1.83 bits per heavy atom. The number of nitrogens with zero attached hydrogens (tertiary/aromatic N) is 1. The highest BCUT2D eigenvalue weighted by Gasteiger charge is 2.25. The first-order valence-electron chi connectivity index (χ1n) is 9.81. The Hall–Kier alpha value is -2.61. The molecule has 1 aliphatic heterocycles. The Kier molecular flexibility index (Phi) is 5.69. The average Bonchev–Trinajstić information content (AvgIpc) is 3.18. The molecule has 0 spiro atoms. The number of anilines is 1. The fraction of sp³-hybridized carbons (Fsp3) is 0.227. The van der Waals surface area contributed by atoms with Crippen molar-refractivity contribution in [3.05, 3.63) is 60.7 Å². The summed E-state index contributed by atoms with van der Waals surface area (Å²) in [7, 11) is -3.74. The van der Waals surface area contributed by atoms with E-state index in [2.05, 4.69) is 20.8 Å². The molecule has 0 radical (unpaired) electrons. The minimum atomic E-state index is -3.74. The summed E-state index contributed by atoms with van der Waals surface area (Å²) in [6.45, 7) is 1.99. The molecule has 1 saturated heterocycles. The van der Waals surface area contributed by atoms with Crippen molar-refractivity contribution in [1.82, 2.24) is 15.5 Å². The van der Waals surface area contributed by atoms with E-state index >= 15 is 0 Å². The third-order valence-corrected chi connectivity index (χ3v) is 7.28. The molecule has 156 valence electrons. The lowest BCUT2D eigenvalue weighted by Gasteiger charge is -2.24. The summed E-state index contributed by atoms with van der Waals surface area (Å²) in [6, 6.07) is 18.9. The van der Waals surface area contributed by atoms with Crippen LogP contribution in [0.2, 0.25) is 0 Å². The van der Waals surface area contributed by atoms with E-state index in [1.165, 1.54) is 0 Å². The molecule has 0 amide bonds. The van der Waals surface area contributed by atoms with Crippen molar-refractivity contribution in [2.75, 3.05) is 18.4 Å². The Balaban J connectivity index is 0.00000218. The molecule has 1 atom stereocenters. The van der Waals surface area contributed by atoms with E-state index in [4.69, 9.17) is 0 Å². The number of piperidine rings is 1. The molecular formula is C22H23ClN4O2S. The van der Waals surface area contributed by atoms with Crippen molar-refractivity contribution in [1.29, 1.82) is 0 Å². The second kappa shape index (κ2) is 8.26. The molecule has 3 aromatic carbocycles. The van der Waals surface area contributed by atoms with Crippen LogP contribution in [0.1, 0.15) is 12.8 Å². The largest absolute Gasteiger partial charge is 0.381 e. The van der Waals surface area contributed by atoms with Gasteiger partial charge in [-0.3, -0.25) is 5.10 Å². The van der Waals surface area contributed by atoms with Gasteiger partial charge >= 0.3 is 0 Å². The summed E-state index contributed by atoms with van der Waals surface area (Å²) in [5, 5.41) is 16.3. The van der Waals surface area contributed by atoms with E-state index in [0.29, 0.717) is 22.3 Å². The number of aromatic nitrogens is 2. The summed E-state index contributed by atoms with van der Waals surface area (Å²) >= 11 is 0. The number of hydrogen-bond acceptors (Lipinski definition) is 5. The molecule has 1 unspecified atom stereocenters. The predicted molar refractivity (Wildman–Crippen MR) is 122 cm³/mol. The monoisotopic (exact) mass is 442 g/mol. The summed E-state index contributed by atoms with van der Waals surface area (Å²) < 4.78 is 26.9. The average molecular weight is 443 g/mol. The van der Waals surface area contributed by atoms with Gasteiger partial charge in [0.15, 0.2) is 5.03 Å². The van der Waals surface area contributed by atoms with Crippen LogP contribution in [0.15, 0.2) is 70.6 Å². The predicted octanol–water partition coefficient (Wildman–Crippen LogP) is 4.13. The molecule has 1 fully saturated rings. The highest BCUT2D eigenvalue weighted by molar-refractivity contribution is 7.91. The van der Waals surface area contributed by atoms with Crippen molar-refractivity contribution in [3.63, 3.8) is 0 Å². The molecule has 0 aliphatic carbocycles. The fourth-order valence-corrected chi connectivity index (χ4v) is 5.61. The van der Waals surface area contributed by atoms with Crippen molar-refractivity contribution in [2.24, 2.45) is 0 Å². The van der Waals surface area contributed by atoms with Crippen LogP contribution in [0.4, 0.5) is 5.69 Å². The van der Waals surface area contributed by atoms with Crippen molar-refractivity contribution >= 4 is 49.6 Å². The van der Waals surface area contributed by atoms with Gasteiger partial charge in [-0.05, 0) is 49.0 Å². The van der Waals surface area contributed by atoms with E-state index in [1.54, 1.807) is 12.1 Å². The van der Waals surface area contributed by atoms with Crippen molar-refractivity contribution in [3.8, 4) is 0 Å². The van der Waals surface area contributed by atoms with Gasteiger partial charge in [-0.1, -0.05) is 36.4 Å². The van der Waals surface area contributed by atoms with E-state index in [0.717, 1.165) is 37.0 Å². The summed E-state index contributed by atoms with van der Waals surface area (Å²) in [4.78, 5) is 0.289. The molecule has 4 aromatic rings. The van der Waals surface area contributed by atoms with Crippen LogP contribution in [0.25, 0.3) is 21.7 Å². The highest BCUT2D eigenvalue weighted by Crippen LogP contribution is 2.32. The second-order valence-corrected chi connectivity index (χ2v) is 9.31. The lowest BCUT2D eigenvalue weighted by molar-refractivity contribution is 0.480. The van der Waals surface area contributed by atoms with Crippen LogP contribution in [-0.4, -0.2) is 37.7 Å². The molecule has 2 heterocycles. The van der Waals surface area contributed by atoms with E-state index in [9.17, 15) is 8.42 Å². The van der Waals surface area contributed by atoms with Crippen molar-refractivity contribution < 1.29 is 8.42 Å². The zero-order valence-electron chi connectivity index (χ0n) is 16.3. The molecule has 1 aromatic heterocycles. The quantitative estimate of drug-likeness (QED) is 0.442. The molecule has 6 nitrogen and oxygen atoms in total. The first kappa shape index (κ1) is 20.7. The van der Waals surface area contributed by atoms with Gasteiger partial charge in [0.2, 0.25) is 9.84 Å². The third kappa shape index (κ3) is 3.64. The maximum atomic E-state index is 13.4. The van der Waals surface area contributed by atoms with Crippen LogP contribution in [0.3, 0.4) is 0 Å². The van der Waals surface area contributed by atoms with Gasteiger partial charge in [0.05, 0.1) is 10.4 Å². The Bertz CT molecular complexity index is 1290. The van der Waals surface area contributed by atoms with Crippen LogP contribution < -0.4 is 10.6 Å². The highest BCUT2D eigenvalue weighted by atomic mass is 35.5. The fourth-order valence-electron chi connectivity index (χ4n) is 4.03. The van der Waals surface area contributed by atoms with Crippen LogP contribution >= 0.6 is 12.4 Å². The van der Waals surface area contributed by atoms with Gasteiger partial charge < -0.3 is 10.6 Å². The molecule has 8 heteroatoms. The number of aromatic amines is 1. The lowest BCUT2D eigenvalue weighted by atomic mass is 10.1. The second-order valence-electron chi connectivity index (χ2n) is 7.45. The van der Waals surface area contributed by atoms with Gasteiger partial charge in [-0.25, -0.2) is 8.42 Å². The van der Waals surface area contributed by atoms with E-state index < -0.39 is 9.84 Å². The van der Waals surface area contributed by atoms with E-state index in [-0.39, 0.29) is 22.3 Å². The zero-order valence-corrected chi connectivity index (χ0v) is 17.9. The number of halogens is 1. The number of rotatable bonds is 4. The lowest BCUT2D eigenvalue weighted by Crippen LogP contribution is -2.38. The summed E-state index contributed by atoms with van der Waals surface area (Å²) in [5.41, 5.74) is 1.59. The van der Waals surface area contributed by atoms with Gasteiger partial charge in [-0.2, -0.15) is 5.10 Å². The maximum Gasteiger partial charge on any atom is 0.224 e. The number of H-pyrrole nitrogens is 1. The summed E-state index contributed by atoms with van der Waals surface area (Å²) in [6.07, 6.45) is 2.27.